The van der Waals surface area contributed by atoms with Crippen molar-refractivity contribution in [3.05, 3.63) is 28.3 Å². The van der Waals surface area contributed by atoms with Gasteiger partial charge in [0.1, 0.15) is 5.75 Å². The number of nitro groups is 1. The number of ether oxygens (including phenoxy) is 1. The number of rotatable bonds is 5. The van der Waals surface area contributed by atoms with Crippen LogP contribution >= 0.6 is 15.9 Å². The lowest BCUT2D eigenvalue weighted by Crippen LogP contribution is -2.42. The standard InChI is InChI=1S/C13H15BrN2O4/c1-2-9(6-14)7-15-11-5-10(16(18)19)3-4-12(11)20-8-13(15)17/h3-5,9H,2,6-8H2,1H3. The maximum atomic E-state index is 12.0. The molecule has 1 aliphatic heterocycles. The Morgan fingerprint density at radius 1 is 1.55 bits per heavy atom. The van der Waals surface area contributed by atoms with Crippen LogP contribution in [0.5, 0.6) is 5.75 Å². The van der Waals surface area contributed by atoms with E-state index in [2.05, 4.69) is 15.9 Å². The molecule has 1 amide bonds. The third-order valence-electron chi connectivity index (χ3n) is 3.33. The predicted molar refractivity (Wildman–Crippen MR) is 78.5 cm³/mol. The summed E-state index contributed by atoms with van der Waals surface area (Å²) in [5.74, 6) is 0.640. The van der Waals surface area contributed by atoms with E-state index in [4.69, 9.17) is 4.74 Å². The van der Waals surface area contributed by atoms with Gasteiger partial charge in [-0.15, -0.1) is 0 Å². The first kappa shape index (κ1) is 14.8. The lowest BCUT2D eigenvalue weighted by Gasteiger charge is -2.31. The average Bonchev–Trinajstić information content (AvgIpc) is 2.46. The van der Waals surface area contributed by atoms with E-state index in [1.165, 1.54) is 12.1 Å². The topological polar surface area (TPSA) is 72.7 Å². The molecule has 20 heavy (non-hydrogen) atoms. The van der Waals surface area contributed by atoms with E-state index in [0.717, 1.165) is 11.8 Å². The molecule has 1 unspecified atom stereocenters. The van der Waals surface area contributed by atoms with Crippen LogP contribution in [0.3, 0.4) is 0 Å². The largest absolute Gasteiger partial charge is 0.482 e. The SMILES string of the molecule is CCC(CBr)CN1C(=O)COc2ccc([N+](=O)[O-])cc21. The summed E-state index contributed by atoms with van der Waals surface area (Å²) in [6.45, 7) is 2.55. The van der Waals surface area contributed by atoms with Crippen molar-refractivity contribution in [1.82, 2.24) is 0 Å². The Balaban J connectivity index is 2.36. The highest BCUT2D eigenvalue weighted by molar-refractivity contribution is 9.09. The molecule has 1 aromatic rings. The highest BCUT2D eigenvalue weighted by Crippen LogP contribution is 2.35. The zero-order valence-corrected chi connectivity index (χ0v) is 12.6. The van der Waals surface area contributed by atoms with Crippen molar-refractivity contribution in [1.29, 1.82) is 0 Å². The third-order valence-corrected chi connectivity index (χ3v) is 4.25. The van der Waals surface area contributed by atoms with E-state index in [0.29, 0.717) is 23.9 Å². The monoisotopic (exact) mass is 342 g/mol. The zero-order chi connectivity index (χ0) is 14.7. The molecule has 1 aliphatic rings. The van der Waals surface area contributed by atoms with Gasteiger partial charge in [0.25, 0.3) is 11.6 Å². The molecule has 0 N–H and O–H groups in total. The van der Waals surface area contributed by atoms with Crippen LogP contribution in [0.1, 0.15) is 13.3 Å². The van der Waals surface area contributed by atoms with Crippen LogP contribution in [0, 0.1) is 16.0 Å². The average molecular weight is 343 g/mol. The van der Waals surface area contributed by atoms with Gasteiger partial charge >= 0.3 is 0 Å². The molecule has 1 heterocycles. The van der Waals surface area contributed by atoms with Crippen molar-refractivity contribution in [2.75, 3.05) is 23.4 Å². The van der Waals surface area contributed by atoms with Gasteiger partial charge in [0.05, 0.1) is 10.6 Å². The van der Waals surface area contributed by atoms with Gasteiger partial charge in [0, 0.05) is 24.0 Å². The van der Waals surface area contributed by atoms with Gasteiger partial charge in [-0.3, -0.25) is 14.9 Å². The summed E-state index contributed by atoms with van der Waals surface area (Å²) in [5, 5.41) is 11.6. The molecule has 0 fully saturated rings. The number of hydrogen-bond acceptors (Lipinski definition) is 4. The maximum absolute atomic E-state index is 12.0. The van der Waals surface area contributed by atoms with Crippen LogP contribution < -0.4 is 9.64 Å². The highest BCUT2D eigenvalue weighted by atomic mass is 79.9. The molecule has 7 heteroatoms. The molecule has 0 saturated carbocycles. The van der Waals surface area contributed by atoms with E-state index in [1.54, 1.807) is 11.0 Å². The zero-order valence-electron chi connectivity index (χ0n) is 11.0. The number of nitro benzene ring substituents is 1. The van der Waals surface area contributed by atoms with Crippen molar-refractivity contribution in [2.24, 2.45) is 5.92 Å². The van der Waals surface area contributed by atoms with Crippen molar-refractivity contribution < 1.29 is 14.5 Å². The quantitative estimate of drug-likeness (QED) is 0.468. The molecule has 2 rings (SSSR count). The number of hydrogen-bond donors (Lipinski definition) is 0. The minimum absolute atomic E-state index is 0.0243. The predicted octanol–water partition coefficient (Wildman–Crippen LogP) is 2.74. The van der Waals surface area contributed by atoms with E-state index in [-0.39, 0.29) is 18.2 Å². The summed E-state index contributed by atoms with van der Waals surface area (Å²) in [5.41, 5.74) is 0.439. The molecule has 0 radical (unpaired) electrons. The Bertz CT molecular complexity index is 531. The molecular weight excluding hydrogens is 328 g/mol. The fraction of sp³-hybridized carbons (Fsp3) is 0.462. The molecular formula is C13H15BrN2O4. The third kappa shape index (κ3) is 2.92. The van der Waals surface area contributed by atoms with Crippen LogP contribution in [-0.2, 0) is 4.79 Å². The molecule has 0 spiro atoms. The van der Waals surface area contributed by atoms with Crippen molar-refractivity contribution in [3.8, 4) is 5.75 Å². The van der Waals surface area contributed by atoms with Crippen molar-refractivity contribution in [2.45, 2.75) is 13.3 Å². The van der Waals surface area contributed by atoms with Crippen LogP contribution in [0.2, 0.25) is 0 Å². The van der Waals surface area contributed by atoms with Gasteiger partial charge in [0.2, 0.25) is 0 Å². The summed E-state index contributed by atoms with van der Waals surface area (Å²) >= 11 is 3.42. The summed E-state index contributed by atoms with van der Waals surface area (Å²) < 4.78 is 5.32. The minimum atomic E-state index is -0.473. The van der Waals surface area contributed by atoms with Crippen LogP contribution in [-0.4, -0.2) is 29.3 Å². The summed E-state index contributed by atoms with van der Waals surface area (Å²) in [4.78, 5) is 24.0. The first-order valence-electron chi connectivity index (χ1n) is 6.34. The van der Waals surface area contributed by atoms with Gasteiger partial charge in [-0.1, -0.05) is 29.3 Å². The van der Waals surface area contributed by atoms with E-state index in [9.17, 15) is 14.9 Å². The minimum Gasteiger partial charge on any atom is -0.482 e. The normalized spacial score (nSPS) is 15.5. The first-order chi connectivity index (χ1) is 9.56. The number of carbonyl (C=O) groups is 1. The van der Waals surface area contributed by atoms with Crippen LogP contribution in [0.25, 0.3) is 0 Å². The molecule has 1 aromatic carbocycles. The number of benzene rings is 1. The fourth-order valence-corrected chi connectivity index (χ4v) is 2.71. The van der Waals surface area contributed by atoms with Crippen LogP contribution in [0.4, 0.5) is 11.4 Å². The Morgan fingerprint density at radius 2 is 2.30 bits per heavy atom. The number of anilines is 1. The lowest BCUT2D eigenvalue weighted by atomic mass is 10.1. The maximum Gasteiger partial charge on any atom is 0.271 e. The van der Waals surface area contributed by atoms with E-state index in [1.807, 2.05) is 6.92 Å². The Kier molecular flexibility index (Phi) is 4.59. The number of amides is 1. The fourth-order valence-electron chi connectivity index (χ4n) is 2.05. The number of halogens is 1. The second-order valence-corrected chi connectivity index (χ2v) is 5.28. The van der Waals surface area contributed by atoms with E-state index < -0.39 is 4.92 Å². The highest BCUT2D eigenvalue weighted by Gasteiger charge is 2.28. The van der Waals surface area contributed by atoms with Gasteiger partial charge < -0.3 is 9.64 Å². The Labute approximate surface area is 125 Å². The Morgan fingerprint density at radius 3 is 2.90 bits per heavy atom. The summed E-state index contributed by atoms with van der Waals surface area (Å²) in [6, 6.07) is 4.32. The molecule has 0 saturated heterocycles. The van der Waals surface area contributed by atoms with Crippen molar-refractivity contribution in [3.63, 3.8) is 0 Å². The van der Waals surface area contributed by atoms with Gasteiger partial charge in [-0.05, 0) is 12.0 Å². The van der Waals surface area contributed by atoms with Gasteiger partial charge in [0.15, 0.2) is 6.61 Å². The molecule has 1 atom stereocenters. The number of carbonyl (C=O) groups excluding carboxylic acids is 1. The smallest absolute Gasteiger partial charge is 0.271 e. The number of non-ortho nitro benzene ring substituents is 1. The molecule has 108 valence electrons. The van der Waals surface area contributed by atoms with E-state index >= 15 is 0 Å². The number of fused-ring (bicyclic) bond motifs is 1. The Hall–Kier alpha value is -1.63. The number of alkyl halides is 1. The number of nitrogens with zero attached hydrogens (tertiary/aromatic N) is 2. The molecule has 0 bridgehead atoms. The van der Waals surface area contributed by atoms with Gasteiger partial charge in [-0.25, -0.2) is 0 Å². The second kappa shape index (κ2) is 6.21. The first-order valence-corrected chi connectivity index (χ1v) is 7.46. The molecule has 6 nitrogen and oxygen atoms in total. The summed E-state index contributed by atoms with van der Waals surface area (Å²) in [7, 11) is 0. The molecule has 0 aliphatic carbocycles. The van der Waals surface area contributed by atoms with Crippen molar-refractivity contribution >= 4 is 33.2 Å². The van der Waals surface area contributed by atoms with Crippen LogP contribution in [0.15, 0.2) is 18.2 Å². The molecule has 0 aromatic heterocycles. The summed E-state index contributed by atoms with van der Waals surface area (Å²) in [6.07, 6.45) is 0.917. The lowest BCUT2D eigenvalue weighted by molar-refractivity contribution is -0.384. The van der Waals surface area contributed by atoms with Gasteiger partial charge in [-0.2, -0.15) is 0 Å². The second-order valence-electron chi connectivity index (χ2n) is 4.63.